The molecule has 0 radical (unpaired) electrons. The van der Waals surface area contributed by atoms with Gasteiger partial charge >= 0.3 is 0 Å². The second kappa shape index (κ2) is 6.54. The molecule has 1 aliphatic heterocycles. The number of ether oxygens (including phenoxy) is 1. The third-order valence-electron chi connectivity index (χ3n) is 3.35. The van der Waals surface area contributed by atoms with E-state index in [2.05, 4.69) is 17.0 Å². The number of carbonyl (C=O) groups excluding carboxylic acids is 1. The Balaban J connectivity index is 2.13. The lowest BCUT2D eigenvalue weighted by Crippen LogP contribution is -2.37. The topological polar surface area (TPSA) is 58.8 Å². The van der Waals surface area contributed by atoms with Crippen LogP contribution >= 0.6 is 0 Å². The first-order chi connectivity index (χ1) is 9.22. The molecule has 0 saturated carbocycles. The number of nitrogens with zero attached hydrogens (tertiary/aromatic N) is 2. The van der Waals surface area contributed by atoms with Crippen LogP contribution in [-0.2, 0) is 16.1 Å². The van der Waals surface area contributed by atoms with Gasteiger partial charge in [-0.25, -0.2) is 0 Å². The van der Waals surface area contributed by atoms with Gasteiger partial charge in [0, 0.05) is 32.4 Å². The third-order valence-corrected chi connectivity index (χ3v) is 3.35. The largest absolute Gasteiger partial charge is 0.378 e. The summed E-state index contributed by atoms with van der Waals surface area (Å²) in [4.78, 5) is 15.5. The highest BCUT2D eigenvalue weighted by molar-refractivity contribution is 5.77. The molecule has 19 heavy (non-hydrogen) atoms. The van der Waals surface area contributed by atoms with E-state index in [9.17, 15) is 4.79 Å². The quantitative estimate of drug-likeness (QED) is 0.856. The van der Waals surface area contributed by atoms with Crippen LogP contribution in [0.15, 0.2) is 24.3 Å². The number of morpholine rings is 1. The fourth-order valence-electron chi connectivity index (χ4n) is 2.26. The average molecular weight is 263 g/mol. The van der Waals surface area contributed by atoms with Crippen LogP contribution in [0.2, 0.25) is 0 Å². The number of hydrogen-bond donors (Lipinski definition) is 1. The maximum absolute atomic E-state index is 11.6. The van der Waals surface area contributed by atoms with Gasteiger partial charge in [-0.2, -0.15) is 0 Å². The molecule has 1 heterocycles. The molecule has 0 aromatic heterocycles. The Kier molecular flexibility index (Phi) is 4.76. The summed E-state index contributed by atoms with van der Waals surface area (Å²) >= 11 is 0. The van der Waals surface area contributed by atoms with Gasteiger partial charge in [-0.15, -0.1) is 0 Å². The van der Waals surface area contributed by atoms with Crippen LogP contribution in [0.3, 0.4) is 0 Å². The van der Waals surface area contributed by atoms with Crippen LogP contribution in [0.25, 0.3) is 0 Å². The van der Waals surface area contributed by atoms with Crippen molar-refractivity contribution >= 4 is 11.6 Å². The van der Waals surface area contributed by atoms with Crippen LogP contribution < -0.4 is 10.6 Å². The van der Waals surface area contributed by atoms with Gasteiger partial charge in [0.1, 0.15) is 0 Å². The molecule has 0 atom stereocenters. The number of hydrogen-bond acceptors (Lipinski definition) is 4. The van der Waals surface area contributed by atoms with Crippen molar-refractivity contribution in [2.75, 3.05) is 44.8 Å². The predicted octanol–water partition coefficient (Wildman–Crippen LogP) is 0.440. The van der Waals surface area contributed by atoms with Crippen LogP contribution in [0.5, 0.6) is 0 Å². The van der Waals surface area contributed by atoms with Crippen molar-refractivity contribution in [1.82, 2.24) is 4.90 Å². The van der Waals surface area contributed by atoms with Gasteiger partial charge in [0.05, 0.1) is 19.8 Å². The highest BCUT2D eigenvalue weighted by Crippen LogP contribution is 2.22. The average Bonchev–Trinajstić information content (AvgIpc) is 2.47. The standard InChI is InChI=1S/C14H21N3O2/c1-16(14(18)10-15)11-12-4-2-3-5-13(12)17-6-8-19-9-7-17/h2-5H,6-11,15H2,1H3. The molecule has 0 unspecified atom stereocenters. The van der Waals surface area contributed by atoms with E-state index < -0.39 is 0 Å². The first-order valence-corrected chi connectivity index (χ1v) is 6.57. The molecule has 0 aliphatic carbocycles. The zero-order chi connectivity index (χ0) is 13.7. The van der Waals surface area contributed by atoms with Gasteiger partial charge in [-0.05, 0) is 11.6 Å². The molecule has 5 heteroatoms. The Hall–Kier alpha value is -1.59. The molecule has 1 amide bonds. The molecule has 2 N–H and O–H groups in total. The van der Waals surface area contributed by atoms with E-state index in [4.69, 9.17) is 10.5 Å². The number of nitrogens with two attached hydrogens (primary N) is 1. The maximum Gasteiger partial charge on any atom is 0.236 e. The molecule has 2 rings (SSSR count). The van der Waals surface area contributed by atoms with E-state index in [1.165, 1.54) is 5.69 Å². The summed E-state index contributed by atoms with van der Waals surface area (Å²) in [6, 6.07) is 8.19. The Labute approximate surface area is 113 Å². The van der Waals surface area contributed by atoms with Gasteiger partial charge in [-0.1, -0.05) is 18.2 Å². The highest BCUT2D eigenvalue weighted by Gasteiger charge is 2.16. The van der Waals surface area contributed by atoms with E-state index in [1.807, 2.05) is 12.1 Å². The Morgan fingerprint density at radius 3 is 2.74 bits per heavy atom. The van der Waals surface area contributed by atoms with E-state index in [0.29, 0.717) is 6.54 Å². The van der Waals surface area contributed by atoms with Crippen molar-refractivity contribution in [3.05, 3.63) is 29.8 Å². The second-order valence-corrected chi connectivity index (χ2v) is 4.68. The molecule has 1 aromatic carbocycles. The minimum Gasteiger partial charge on any atom is -0.378 e. The van der Waals surface area contributed by atoms with Crippen molar-refractivity contribution in [3.8, 4) is 0 Å². The van der Waals surface area contributed by atoms with Gasteiger partial charge in [0.2, 0.25) is 5.91 Å². The van der Waals surface area contributed by atoms with E-state index >= 15 is 0 Å². The predicted molar refractivity (Wildman–Crippen MR) is 75.0 cm³/mol. The Morgan fingerprint density at radius 1 is 1.37 bits per heavy atom. The molecule has 1 aromatic rings. The zero-order valence-electron chi connectivity index (χ0n) is 11.3. The number of rotatable bonds is 4. The minimum absolute atomic E-state index is 0.0446. The summed E-state index contributed by atoms with van der Waals surface area (Å²) in [5.41, 5.74) is 7.72. The molecule has 5 nitrogen and oxygen atoms in total. The number of para-hydroxylation sites is 1. The number of benzene rings is 1. The molecular formula is C14H21N3O2. The SMILES string of the molecule is CN(Cc1ccccc1N1CCOCC1)C(=O)CN. The lowest BCUT2D eigenvalue weighted by molar-refractivity contribution is -0.128. The van der Waals surface area contributed by atoms with Crippen LogP contribution in [-0.4, -0.2) is 50.7 Å². The van der Waals surface area contributed by atoms with Crippen LogP contribution in [0.1, 0.15) is 5.56 Å². The van der Waals surface area contributed by atoms with E-state index in [1.54, 1.807) is 11.9 Å². The summed E-state index contributed by atoms with van der Waals surface area (Å²) in [6.45, 7) is 3.94. The second-order valence-electron chi connectivity index (χ2n) is 4.68. The molecule has 0 spiro atoms. The van der Waals surface area contributed by atoms with Crippen molar-refractivity contribution < 1.29 is 9.53 Å². The van der Waals surface area contributed by atoms with Crippen molar-refractivity contribution in [2.45, 2.75) is 6.54 Å². The minimum atomic E-state index is -0.0446. The summed E-state index contributed by atoms with van der Waals surface area (Å²) in [6.07, 6.45) is 0. The number of anilines is 1. The fourth-order valence-corrected chi connectivity index (χ4v) is 2.26. The first-order valence-electron chi connectivity index (χ1n) is 6.57. The summed E-state index contributed by atoms with van der Waals surface area (Å²) in [5.74, 6) is -0.0446. The Bertz CT molecular complexity index is 430. The van der Waals surface area contributed by atoms with Crippen molar-refractivity contribution in [2.24, 2.45) is 5.73 Å². The van der Waals surface area contributed by atoms with Gasteiger partial charge < -0.3 is 20.3 Å². The van der Waals surface area contributed by atoms with E-state index in [0.717, 1.165) is 31.9 Å². The highest BCUT2D eigenvalue weighted by atomic mass is 16.5. The number of amides is 1. The molecule has 0 bridgehead atoms. The van der Waals surface area contributed by atoms with Crippen molar-refractivity contribution in [1.29, 1.82) is 0 Å². The molecule has 1 aliphatic rings. The summed E-state index contributed by atoms with van der Waals surface area (Å²) in [7, 11) is 1.78. The lowest BCUT2D eigenvalue weighted by Gasteiger charge is -2.31. The molecular weight excluding hydrogens is 242 g/mol. The molecule has 104 valence electrons. The van der Waals surface area contributed by atoms with Crippen molar-refractivity contribution in [3.63, 3.8) is 0 Å². The summed E-state index contributed by atoms with van der Waals surface area (Å²) < 4.78 is 5.38. The maximum atomic E-state index is 11.6. The normalized spacial score (nSPS) is 15.4. The lowest BCUT2D eigenvalue weighted by atomic mass is 10.1. The zero-order valence-corrected chi connectivity index (χ0v) is 11.3. The van der Waals surface area contributed by atoms with E-state index in [-0.39, 0.29) is 12.5 Å². The molecule has 1 fully saturated rings. The summed E-state index contributed by atoms with van der Waals surface area (Å²) in [5, 5.41) is 0. The van der Waals surface area contributed by atoms with Gasteiger partial charge in [-0.3, -0.25) is 4.79 Å². The number of carbonyl (C=O) groups is 1. The number of likely N-dealkylation sites (N-methyl/N-ethyl adjacent to an activating group) is 1. The van der Waals surface area contributed by atoms with Gasteiger partial charge in [0.15, 0.2) is 0 Å². The fraction of sp³-hybridized carbons (Fsp3) is 0.500. The van der Waals surface area contributed by atoms with Gasteiger partial charge in [0.25, 0.3) is 0 Å². The molecule has 1 saturated heterocycles. The third kappa shape index (κ3) is 3.45. The van der Waals surface area contributed by atoms with Crippen LogP contribution in [0, 0.1) is 0 Å². The first kappa shape index (κ1) is 13.8. The van der Waals surface area contributed by atoms with Crippen LogP contribution in [0.4, 0.5) is 5.69 Å². The smallest absolute Gasteiger partial charge is 0.236 e. The monoisotopic (exact) mass is 263 g/mol. The Morgan fingerprint density at radius 2 is 2.05 bits per heavy atom.